The standard InChI is InChI=1S/C24H19F3N2O3/c1-14-24(31)29(12-15-8-19(26)11-20(27)9-15)13-17-10-21(6-7-22(17)32-14)28-23(30)16-2-4-18(25)5-3-16/h2-11,14H,12-13H2,1H3,(H,28,30)/t14-/m0/s1. The topological polar surface area (TPSA) is 58.6 Å². The highest BCUT2D eigenvalue weighted by atomic mass is 19.1. The number of ether oxygens (including phenoxy) is 1. The summed E-state index contributed by atoms with van der Waals surface area (Å²) in [6.07, 6.45) is -0.797. The van der Waals surface area contributed by atoms with Crippen LogP contribution in [0.15, 0.2) is 60.7 Å². The minimum absolute atomic E-state index is 0.00712. The van der Waals surface area contributed by atoms with Crippen LogP contribution in [0.2, 0.25) is 0 Å². The SMILES string of the molecule is C[C@@H]1Oc2ccc(NC(=O)c3ccc(F)cc3)cc2CN(Cc2cc(F)cc(F)c2)C1=O. The number of amides is 2. The zero-order valence-electron chi connectivity index (χ0n) is 17.1. The molecule has 0 unspecified atom stereocenters. The smallest absolute Gasteiger partial charge is 0.263 e. The number of benzene rings is 3. The second kappa shape index (κ2) is 8.74. The van der Waals surface area contributed by atoms with E-state index in [4.69, 9.17) is 4.74 Å². The Morgan fingerprint density at radius 1 is 1.00 bits per heavy atom. The number of anilines is 1. The molecule has 1 atom stereocenters. The van der Waals surface area contributed by atoms with E-state index in [0.29, 0.717) is 22.6 Å². The number of rotatable bonds is 4. The molecule has 0 saturated carbocycles. The molecule has 0 radical (unpaired) electrons. The fourth-order valence-corrected chi connectivity index (χ4v) is 3.54. The fourth-order valence-electron chi connectivity index (χ4n) is 3.54. The number of hydrogen-bond acceptors (Lipinski definition) is 3. The van der Waals surface area contributed by atoms with Crippen LogP contribution in [-0.2, 0) is 17.9 Å². The monoisotopic (exact) mass is 440 g/mol. The van der Waals surface area contributed by atoms with Crippen LogP contribution in [0.1, 0.15) is 28.4 Å². The molecule has 5 nitrogen and oxygen atoms in total. The van der Waals surface area contributed by atoms with Gasteiger partial charge in [0.2, 0.25) is 0 Å². The van der Waals surface area contributed by atoms with Crippen molar-refractivity contribution in [3.63, 3.8) is 0 Å². The molecule has 32 heavy (non-hydrogen) atoms. The zero-order valence-corrected chi connectivity index (χ0v) is 17.1. The molecular formula is C24H19F3N2O3. The Hall–Kier alpha value is -3.81. The van der Waals surface area contributed by atoms with E-state index in [1.54, 1.807) is 25.1 Å². The second-order valence-corrected chi connectivity index (χ2v) is 7.52. The van der Waals surface area contributed by atoms with Crippen LogP contribution < -0.4 is 10.1 Å². The highest BCUT2D eigenvalue weighted by Gasteiger charge is 2.28. The first-order valence-electron chi connectivity index (χ1n) is 9.89. The number of fused-ring (bicyclic) bond motifs is 1. The summed E-state index contributed by atoms with van der Waals surface area (Å²) in [5.41, 5.74) is 1.68. The van der Waals surface area contributed by atoms with Crippen molar-refractivity contribution < 1.29 is 27.5 Å². The fraction of sp³-hybridized carbons (Fsp3) is 0.167. The van der Waals surface area contributed by atoms with Gasteiger partial charge in [-0.3, -0.25) is 9.59 Å². The van der Waals surface area contributed by atoms with Gasteiger partial charge < -0.3 is 15.0 Å². The third-order valence-corrected chi connectivity index (χ3v) is 5.04. The van der Waals surface area contributed by atoms with E-state index in [1.165, 1.54) is 41.3 Å². The van der Waals surface area contributed by atoms with Crippen LogP contribution >= 0.6 is 0 Å². The average Bonchev–Trinajstić information content (AvgIpc) is 2.84. The Morgan fingerprint density at radius 2 is 1.69 bits per heavy atom. The first kappa shape index (κ1) is 21.4. The number of nitrogens with one attached hydrogen (secondary N) is 1. The lowest BCUT2D eigenvalue weighted by Crippen LogP contribution is -2.37. The molecule has 1 aliphatic rings. The Bertz CT molecular complexity index is 1160. The number of halogens is 3. The van der Waals surface area contributed by atoms with Gasteiger partial charge in [0, 0.05) is 36.0 Å². The van der Waals surface area contributed by atoms with Crippen molar-refractivity contribution >= 4 is 17.5 Å². The summed E-state index contributed by atoms with van der Waals surface area (Å²) >= 11 is 0. The van der Waals surface area contributed by atoms with Gasteiger partial charge in [0.15, 0.2) is 6.10 Å². The van der Waals surface area contributed by atoms with Gasteiger partial charge in [-0.05, 0) is 67.1 Å². The number of carbonyl (C=O) groups is 2. The van der Waals surface area contributed by atoms with E-state index in [9.17, 15) is 22.8 Å². The van der Waals surface area contributed by atoms with Crippen LogP contribution in [-0.4, -0.2) is 22.8 Å². The molecular weight excluding hydrogens is 421 g/mol. The van der Waals surface area contributed by atoms with Gasteiger partial charge in [-0.2, -0.15) is 0 Å². The van der Waals surface area contributed by atoms with E-state index in [2.05, 4.69) is 5.32 Å². The molecule has 164 valence electrons. The number of hydrogen-bond donors (Lipinski definition) is 1. The molecule has 1 aliphatic heterocycles. The quantitative estimate of drug-likeness (QED) is 0.642. The van der Waals surface area contributed by atoms with Crippen molar-refractivity contribution in [2.24, 2.45) is 0 Å². The maximum atomic E-state index is 13.6. The predicted octanol–water partition coefficient (Wildman–Crippen LogP) is 4.67. The minimum Gasteiger partial charge on any atom is -0.481 e. The molecule has 0 spiro atoms. The molecule has 0 fully saturated rings. The lowest BCUT2D eigenvalue weighted by atomic mass is 10.1. The molecule has 4 rings (SSSR count). The molecule has 1 heterocycles. The predicted molar refractivity (Wildman–Crippen MR) is 111 cm³/mol. The van der Waals surface area contributed by atoms with E-state index in [1.807, 2.05) is 0 Å². The Kier molecular flexibility index (Phi) is 5.85. The highest BCUT2D eigenvalue weighted by Crippen LogP contribution is 2.29. The van der Waals surface area contributed by atoms with Crippen molar-refractivity contribution in [1.82, 2.24) is 4.90 Å². The van der Waals surface area contributed by atoms with Gasteiger partial charge in [-0.15, -0.1) is 0 Å². The van der Waals surface area contributed by atoms with Gasteiger partial charge in [-0.1, -0.05) is 0 Å². The van der Waals surface area contributed by atoms with Crippen molar-refractivity contribution in [2.75, 3.05) is 5.32 Å². The molecule has 0 saturated heterocycles. The second-order valence-electron chi connectivity index (χ2n) is 7.52. The Balaban J connectivity index is 1.57. The van der Waals surface area contributed by atoms with E-state index >= 15 is 0 Å². The molecule has 8 heteroatoms. The molecule has 0 aromatic heterocycles. The maximum absolute atomic E-state index is 13.6. The average molecular weight is 440 g/mol. The van der Waals surface area contributed by atoms with Crippen molar-refractivity contribution in [2.45, 2.75) is 26.1 Å². The Labute approximate surface area is 182 Å². The maximum Gasteiger partial charge on any atom is 0.263 e. The van der Waals surface area contributed by atoms with Crippen LogP contribution in [0.3, 0.4) is 0 Å². The lowest BCUT2D eigenvalue weighted by molar-refractivity contribution is -0.138. The summed E-state index contributed by atoms with van der Waals surface area (Å²) in [5.74, 6) is -2.17. The van der Waals surface area contributed by atoms with Gasteiger partial charge in [0.1, 0.15) is 23.2 Å². The number of carbonyl (C=O) groups excluding carboxylic acids is 2. The van der Waals surface area contributed by atoms with Crippen molar-refractivity contribution in [1.29, 1.82) is 0 Å². The van der Waals surface area contributed by atoms with E-state index in [-0.39, 0.29) is 24.6 Å². The minimum atomic E-state index is -0.797. The van der Waals surface area contributed by atoms with Gasteiger partial charge in [-0.25, -0.2) is 13.2 Å². The van der Waals surface area contributed by atoms with E-state index < -0.39 is 29.5 Å². The van der Waals surface area contributed by atoms with Crippen LogP contribution in [0.25, 0.3) is 0 Å². The van der Waals surface area contributed by atoms with Crippen LogP contribution in [0.5, 0.6) is 5.75 Å². The summed E-state index contributed by atoms with van der Waals surface area (Å²) in [6, 6.07) is 13.2. The van der Waals surface area contributed by atoms with E-state index in [0.717, 1.165) is 6.07 Å². The van der Waals surface area contributed by atoms with Gasteiger partial charge >= 0.3 is 0 Å². The highest BCUT2D eigenvalue weighted by molar-refractivity contribution is 6.04. The molecule has 2 amide bonds. The largest absolute Gasteiger partial charge is 0.481 e. The summed E-state index contributed by atoms with van der Waals surface area (Å²) in [4.78, 5) is 26.7. The Morgan fingerprint density at radius 3 is 2.38 bits per heavy atom. The summed E-state index contributed by atoms with van der Waals surface area (Å²) < 4.78 is 46.0. The summed E-state index contributed by atoms with van der Waals surface area (Å²) in [7, 11) is 0. The van der Waals surface area contributed by atoms with Crippen molar-refractivity contribution in [3.05, 3.63) is 94.8 Å². The molecule has 1 N–H and O–H groups in total. The van der Waals surface area contributed by atoms with Crippen LogP contribution in [0, 0.1) is 17.5 Å². The number of nitrogens with zero attached hydrogens (tertiary/aromatic N) is 1. The summed E-state index contributed by atoms with van der Waals surface area (Å²) in [5, 5.41) is 2.73. The third kappa shape index (κ3) is 4.74. The third-order valence-electron chi connectivity index (χ3n) is 5.04. The summed E-state index contributed by atoms with van der Waals surface area (Å²) in [6.45, 7) is 1.71. The normalized spacial score (nSPS) is 15.6. The molecule has 0 aliphatic carbocycles. The van der Waals surface area contributed by atoms with Crippen molar-refractivity contribution in [3.8, 4) is 5.75 Å². The van der Waals surface area contributed by atoms with Gasteiger partial charge in [0.25, 0.3) is 11.8 Å². The first-order chi connectivity index (χ1) is 15.3. The molecule has 3 aromatic carbocycles. The van der Waals surface area contributed by atoms with Crippen LogP contribution in [0.4, 0.5) is 18.9 Å². The van der Waals surface area contributed by atoms with Gasteiger partial charge in [0.05, 0.1) is 0 Å². The molecule has 3 aromatic rings. The first-order valence-corrected chi connectivity index (χ1v) is 9.89. The lowest BCUT2D eigenvalue weighted by Gasteiger charge is -2.22. The zero-order chi connectivity index (χ0) is 22.8. The molecule has 0 bridgehead atoms.